The summed E-state index contributed by atoms with van der Waals surface area (Å²) in [6.07, 6.45) is 1.70. The Bertz CT molecular complexity index is 272. The van der Waals surface area contributed by atoms with Gasteiger partial charge in [0.05, 0.1) is 5.69 Å². The molecule has 2 heteroatoms. The first-order chi connectivity index (χ1) is 5.86. The van der Waals surface area contributed by atoms with Gasteiger partial charge < -0.3 is 5.11 Å². The highest BCUT2D eigenvalue weighted by Crippen LogP contribution is 2.37. The minimum Gasteiger partial charge on any atom is -0.383 e. The lowest BCUT2D eigenvalue weighted by atomic mass is 9.75. The molecule has 1 aromatic rings. The molecule has 0 aliphatic heterocycles. The third kappa shape index (κ3) is 1.89. The Kier molecular flexibility index (Phi) is 2.44. The molecule has 0 fully saturated rings. The molecule has 0 aliphatic rings. The Morgan fingerprint density at radius 2 is 1.77 bits per heavy atom. The van der Waals surface area contributed by atoms with Gasteiger partial charge in [-0.3, -0.25) is 4.98 Å². The Balaban J connectivity index is 3.08. The fraction of sp³-hybridized carbons (Fsp3) is 0.545. The van der Waals surface area contributed by atoms with Gasteiger partial charge in [0.2, 0.25) is 0 Å². The van der Waals surface area contributed by atoms with E-state index in [2.05, 4.69) is 4.98 Å². The van der Waals surface area contributed by atoms with Crippen molar-refractivity contribution in [3.05, 3.63) is 30.1 Å². The predicted octanol–water partition coefficient (Wildman–Crippen LogP) is 2.34. The van der Waals surface area contributed by atoms with Gasteiger partial charge in [-0.2, -0.15) is 0 Å². The van der Waals surface area contributed by atoms with Crippen molar-refractivity contribution in [3.8, 4) is 0 Å². The van der Waals surface area contributed by atoms with Crippen LogP contribution in [0.4, 0.5) is 0 Å². The summed E-state index contributed by atoms with van der Waals surface area (Å²) < 4.78 is 0. The van der Waals surface area contributed by atoms with Gasteiger partial charge in [0.25, 0.3) is 0 Å². The zero-order valence-electron chi connectivity index (χ0n) is 8.70. The quantitative estimate of drug-likeness (QED) is 0.717. The molecule has 0 radical (unpaired) electrons. The van der Waals surface area contributed by atoms with E-state index in [-0.39, 0.29) is 5.41 Å². The molecule has 0 saturated carbocycles. The maximum absolute atomic E-state index is 10.3. The van der Waals surface area contributed by atoms with E-state index in [1.807, 2.05) is 39.0 Å². The zero-order chi connectivity index (χ0) is 10.1. The number of aliphatic hydroxyl groups is 1. The van der Waals surface area contributed by atoms with Crippen LogP contribution in [0.5, 0.6) is 0 Å². The second-order valence-electron chi connectivity index (χ2n) is 4.54. The SMILES string of the molecule is CC(C)(C)C(C)(O)c1ccccn1. The monoisotopic (exact) mass is 179 g/mol. The van der Waals surface area contributed by atoms with E-state index < -0.39 is 5.60 Å². The molecule has 13 heavy (non-hydrogen) atoms. The maximum Gasteiger partial charge on any atom is 0.108 e. The molecule has 72 valence electrons. The number of rotatable bonds is 1. The normalized spacial score (nSPS) is 16.7. The van der Waals surface area contributed by atoms with Crippen LogP contribution in [0.1, 0.15) is 33.4 Å². The minimum atomic E-state index is -0.881. The number of pyridine rings is 1. The molecule has 0 spiro atoms. The maximum atomic E-state index is 10.3. The number of hydrogen-bond donors (Lipinski definition) is 1. The highest BCUT2D eigenvalue weighted by molar-refractivity contribution is 5.14. The van der Waals surface area contributed by atoms with Crippen molar-refractivity contribution in [2.24, 2.45) is 5.41 Å². The summed E-state index contributed by atoms with van der Waals surface area (Å²) in [5.74, 6) is 0. The average Bonchev–Trinajstić information content (AvgIpc) is 2.04. The van der Waals surface area contributed by atoms with Gasteiger partial charge in [-0.05, 0) is 24.5 Å². The molecule has 1 aromatic heterocycles. The zero-order valence-corrected chi connectivity index (χ0v) is 8.70. The third-order valence-corrected chi connectivity index (χ3v) is 2.62. The summed E-state index contributed by atoms with van der Waals surface area (Å²) in [5, 5.41) is 10.3. The molecule has 0 bridgehead atoms. The molecule has 0 aliphatic carbocycles. The molecule has 2 nitrogen and oxygen atoms in total. The van der Waals surface area contributed by atoms with E-state index in [0.29, 0.717) is 0 Å². The number of hydrogen-bond acceptors (Lipinski definition) is 2. The van der Waals surface area contributed by atoms with Crippen LogP contribution >= 0.6 is 0 Å². The van der Waals surface area contributed by atoms with Gasteiger partial charge in [-0.25, -0.2) is 0 Å². The first kappa shape index (κ1) is 10.2. The third-order valence-electron chi connectivity index (χ3n) is 2.62. The van der Waals surface area contributed by atoms with Gasteiger partial charge in [0, 0.05) is 6.20 Å². The molecule has 0 aromatic carbocycles. The summed E-state index contributed by atoms with van der Waals surface area (Å²) in [7, 11) is 0. The van der Waals surface area contributed by atoms with Crippen LogP contribution in [0.25, 0.3) is 0 Å². The molecular weight excluding hydrogens is 162 g/mol. The second-order valence-corrected chi connectivity index (χ2v) is 4.54. The van der Waals surface area contributed by atoms with Crippen LogP contribution in [-0.2, 0) is 5.60 Å². The number of nitrogens with zero attached hydrogens (tertiary/aromatic N) is 1. The van der Waals surface area contributed by atoms with E-state index in [1.165, 1.54) is 0 Å². The Morgan fingerprint density at radius 3 is 2.15 bits per heavy atom. The molecule has 1 rings (SSSR count). The van der Waals surface area contributed by atoms with Crippen LogP contribution in [0.2, 0.25) is 0 Å². The Labute approximate surface area is 79.6 Å². The van der Waals surface area contributed by atoms with E-state index in [0.717, 1.165) is 5.69 Å². The summed E-state index contributed by atoms with van der Waals surface area (Å²) in [6, 6.07) is 5.59. The van der Waals surface area contributed by atoms with Crippen molar-refractivity contribution in [3.63, 3.8) is 0 Å². The predicted molar refractivity (Wildman–Crippen MR) is 53.3 cm³/mol. The lowest BCUT2D eigenvalue weighted by molar-refractivity contribution is -0.0506. The second kappa shape index (κ2) is 3.11. The van der Waals surface area contributed by atoms with Gasteiger partial charge >= 0.3 is 0 Å². The molecule has 1 atom stereocenters. The van der Waals surface area contributed by atoms with Gasteiger partial charge in [-0.15, -0.1) is 0 Å². The Morgan fingerprint density at radius 1 is 1.15 bits per heavy atom. The van der Waals surface area contributed by atoms with Crippen molar-refractivity contribution in [1.29, 1.82) is 0 Å². The topological polar surface area (TPSA) is 33.1 Å². The van der Waals surface area contributed by atoms with E-state index in [4.69, 9.17) is 0 Å². The van der Waals surface area contributed by atoms with E-state index in [9.17, 15) is 5.11 Å². The number of aromatic nitrogens is 1. The smallest absolute Gasteiger partial charge is 0.108 e. The standard InChI is InChI=1S/C11H17NO/c1-10(2,3)11(4,13)9-7-5-6-8-12-9/h5-8,13H,1-4H3. The van der Waals surface area contributed by atoms with Crippen molar-refractivity contribution in [2.45, 2.75) is 33.3 Å². The van der Waals surface area contributed by atoms with Crippen molar-refractivity contribution >= 4 is 0 Å². The van der Waals surface area contributed by atoms with Gasteiger partial charge in [0.15, 0.2) is 0 Å². The van der Waals surface area contributed by atoms with Crippen LogP contribution in [0, 0.1) is 5.41 Å². The van der Waals surface area contributed by atoms with Gasteiger partial charge in [-0.1, -0.05) is 26.8 Å². The molecular formula is C11H17NO. The van der Waals surface area contributed by atoms with Crippen molar-refractivity contribution < 1.29 is 5.11 Å². The summed E-state index contributed by atoms with van der Waals surface area (Å²) in [4.78, 5) is 4.17. The molecule has 1 heterocycles. The van der Waals surface area contributed by atoms with Crippen molar-refractivity contribution in [2.75, 3.05) is 0 Å². The van der Waals surface area contributed by atoms with Crippen LogP contribution in [-0.4, -0.2) is 10.1 Å². The lowest BCUT2D eigenvalue weighted by Gasteiger charge is -2.36. The van der Waals surface area contributed by atoms with Crippen LogP contribution in [0.3, 0.4) is 0 Å². The first-order valence-electron chi connectivity index (χ1n) is 4.49. The van der Waals surface area contributed by atoms with E-state index >= 15 is 0 Å². The highest BCUT2D eigenvalue weighted by Gasteiger charge is 2.37. The summed E-state index contributed by atoms with van der Waals surface area (Å²) in [5.41, 5.74) is -0.363. The average molecular weight is 179 g/mol. The minimum absolute atomic E-state index is 0.207. The fourth-order valence-electron chi connectivity index (χ4n) is 1.03. The first-order valence-corrected chi connectivity index (χ1v) is 4.49. The summed E-state index contributed by atoms with van der Waals surface area (Å²) in [6.45, 7) is 7.81. The molecule has 0 amide bonds. The van der Waals surface area contributed by atoms with Crippen LogP contribution < -0.4 is 0 Å². The van der Waals surface area contributed by atoms with Crippen LogP contribution in [0.15, 0.2) is 24.4 Å². The van der Waals surface area contributed by atoms with Crippen molar-refractivity contribution in [1.82, 2.24) is 4.98 Å². The van der Waals surface area contributed by atoms with Gasteiger partial charge in [0.1, 0.15) is 5.60 Å². The Hall–Kier alpha value is -0.890. The summed E-state index contributed by atoms with van der Waals surface area (Å²) >= 11 is 0. The lowest BCUT2D eigenvalue weighted by Crippen LogP contribution is -2.37. The molecule has 1 unspecified atom stereocenters. The fourth-order valence-corrected chi connectivity index (χ4v) is 1.03. The molecule has 1 N–H and O–H groups in total. The molecule has 0 saturated heterocycles. The highest BCUT2D eigenvalue weighted by atomic mass is 16.3. The largest absolute Gasteiger partial charge is 0.383 e. The van der Waals surface area contributed by atoms with E-state index in [1.54, 1.807) is 13.1 Å².